The molecule has 2 aliphatic rings. The molecule has 0 unspecified atom stereocenters. The number of ketones is 1. The number of aromatic nitrogens is 1. The van der Waals surface area contributed by atoms with E-state index in [2.05, 4.69) is 4.98 Å². The Hall–Kier alpha value is -3.94. The molecule has 0 bridgehead atoms. The van der Waals surface area contributed by atoms with Crippen LogP contribution >= 0.6 is 0 Å². The molecular weight excluding hydrogens is 411 g/mol. The maximum Gasteiger partial charge on any atom is 0.312 e. The molecule has 0 saturated carbocycles. The zero-order valence-corrected chi connectivity index (χ0v) is 15.7. The van der Waals surface area contributed by atoms with Gasteiger partial charge in [0, 0.05) is 23.9 Å². The lowest BCUT2D eigenvalue weighted by atomic mass is 9.85. The number of carbonyl (C=O) groups excluding carboxylic acids is 2. The van der Waals surface area contributed by atoms with Crippen molar-refractivity contribution >= 4 is 17.8 Å². The van der Waals surface area contributed by atoms with E-state index in [4.69, 9.17) is 9.47 Å². The molecule has 5 nitrogen and oxygen atoms in total. The highest BCUT2D eigenvalue weighted by Crippen LogP contribution is 2.48. The van der Waals surface area contributed by atoms with Gasteiger partial charge in [0.1, 0.15) is 11.5 Å². The van der Waals surface area contributed by atoms with Gasteiger partial charge in [0.25, 0.3) is 0 Å². The molecule has 0 N–H and O–H groups in total. The number of rotatable bonds is 2. The van der Waals surface area contributed by atoms with Gasteiger partial charge in [-0.05, 0) is 47.5 Å². The standard InChI is InChI=1S/C23H12F3NO4/c24-15-6-11(7-16(25)21(15)26)8-18-22(29)13-3-4-17-20(23(13)31-18)14(9-19(28)30-17)12-2-1-5-27-10-12/h1-8,10,14H,9H2/b18-8-/t14-/m1/s1. The number of carbonyl (C=O) groups is 2. The molecule has 0 amide bonds. The molecule has 0 fully saturated rings. The highest BCUT2D eigenvalue weighted by Gasteiger charge is 2.38. The van der Waals surface area contributed by atoms with Crippen LogP contribution in [-0.2, 0) is 4.79 Å². The average molecular weight is 423 g/mol. The van der Waals surface area contributed by atoms with Gasteiger partial charge < -0.3 is 9.47 Å². The molecule has 0 radical (unpaired) electrons. The number of ether oxygens (including phenoxy) is 2. The van der Waals surface area contributed by atoms with Gasteiger partial charge in [-0.3, -0.25) is 14.6 Å². The van der Waals surface area contributed by atoms with Gasteiger partial charge in [-0.1, -0.05) is 6.07 Å². The minimum Gasteiger partial charge on any atom is -0.452 e. The number of halogens is 3. The first-order valence-corrected chi connectivity index (χ1v) is 9.28. The summed E-state index contributed by atoms with van der Waals surface area (Å²) in [4.78, 5) is 29.1. The Labute approximate surface area is 173 Å². The van der Waals surface area contributed by atoms with Crippen LogP contribution in [0.1, 0.15) is 39.4 Å². The van der Waals surface area contributed by atoms with Gasteiger partial charge in [-0.2, -0.15) is 0 Å². The Morgan fingerprint density at radius 3 is 2.52 bits per heavy atom. The number of benzene rings is 2. The van der Waals surface area contributed by atoms with E-state index in [1.807, 2.05) is 0 Å². The summed E-state index contributed by atoms with van der Waals surface area (Å²) in [5.74, 6) is -5.47. The van der Waals surface area contributed by atoms with Crippen LogP contribution < -0.4 is 9.47 Å². The maximum absolute atomic E-state index is 13.6. The first-order chi connectivity index (χ1) is 14.9. The predicted octanol–water partition coefficient (Wildman–Crippen LogP) is 4.56. The minimum absolute atomic E-state index is 0.0279. The first-order valence-electron chi connectivity index (χ1n) is 9.28. The van der Waals surface area contributed by atoms with E-state index in [0.717, 1.165) is 23.8 Å². The third kappa shape index (κ3) is 3.16. The predicted molar refractivity (Wildman–Crippen MR) is 102 cm³/mol. The van der Waals surface area contributed by atoms with E-state index in [0.29, 0.717) is 5.56 Å². The molecular formula is C23H12F3NO4. The highest BCUT2D eigenvalue weighted by atomic mass is 19.2. The quantitative estimate of drug-likeness (QED) is 0.262. The molecule has 3 heterocycles. The second-order valence-corrected chi connectivity index (χ2v) is 7.11. The molecule has 0 spiro atoms. The van der Waals surface area contributed by atoms with E-state index in [1.54, 1.807) is 24.5 Å². The van der Waals surface area contributed by atoms with Crippen molar-refractivity contribution in [1.29, 1.82) is 0 Å². The van der Waals surface area contributed by atoms with Crippen molar-refractivity contribution in [3.05, 3.63) is 94.3 Å². The lowest BCUT2D eigenvalue weighted by Crippen LogP contribution is -2.21. The average Bonchev–Trinajstić information content (AvgIpc) is 3.07. The Kier molecular flexibility index (Phi) is 4.35. The van der Waals surface area contributed by atoms with Crippen molar-refractivity contribution in [3.63, 3.8) is 0 Å². The number of hydrogen-bond acceptors (Lipinski definition) is 5. The molecule has 2 aromatic carbocycles. The van der Waals surface area contributed by atoms with Crippen LogP contribution in [0.4, 0.5) is 13.2 Å². The van der Waals surface area contributed by atoms with Crippen molar-refractivity contribution in [3.8, 4) is 11.5 Å². The van der Waals surface area contributed by atoms with Crippen LogP contribution in [0.5, 0.6) is 11.5 Å². The number of allylic oxidation sites excluding steroid dienone is 1. The fourth-order valence-corrected chi connectivity index (χ4v) is 3.78. The molecule has 0 aliphatic carbocycles. The Morgan fingerprint density at radius 1 is 1.03 bits per heavy atom. The largest absolute Gasteiger partial charge is 0.452 e. The first kappa shape index (κ1) is 19.0. The van der Waals surface area contributed by atoms with E-state index >= 15 is 0 Å². The van der Waals surface area contributed by atoms with E-state index in [9.17, 15) is 22.8 Å². The number of pyridine rings is 1. The summed E-state index contributed by atoms with van der Waals surface area (Å²) < 4.78 is 51.4. The van der Waals surface area contributed by atoms with Gasteiger partial charge in [0.15, 0.2) is 23.2 Å². The number of hydrogen-bond donors (Lipinski definition) is 0. The van der Waals surface area contributed by atoms with E-state index in [-0.39, 0.29) is 34.8 Å². The fraction of sp³-hybridized carbons (Fsp3) is 0.0870. The molecule has 0 saturated heterocycles. The van der Waals surface area contributed by atoms with Gasteiger partial charge >= 0.3 is 5.97 Å². The topological polar surface area (TPSA) is 65.5 Å². The monoisotopic (exact) mass is 423 g/mol. The van der Waals surface area contributed by atoms with Crippen LogP contribution in [0.25, 0.3) is 6.08 Å². The van der Waals surface area contributed by atoms with Crippen molar-refractivity contribution in [1.82, 2.24) is 4.98 Å². The summed E-state index contributed by atoms with van der Waals surface area (Å²) in [6.07, 6.45) is 4.38. The van der Waals surface area contributed by atoms with Crippen molar-refractivity contribution in [2.24, 2.45) is 0 Å². The van der Waals surface area contributed by atoms with Crippen LogP contribution in [0, 0.1) is 17.5 Å². The smallest absolute Gasteiger partial charge is 0.312 e. The van der Waals surface area contributed by atoms with E-state index in [1.165, 1.54) is 12.1 Å². The molecule has 1 aromatic heterocycles. The Bertz CT molecular complexity index is 1260. The van der Waals surface area contributed by atoms with Crippen LogP contribution in [0.3, 0.4) is 0 Å². The second kappa shape index (κ2) is 7.09. The van der Waals surface area contributed by atoms with Crippen LogP contribution in [-0.4, -0.2) is 16.7 Å². The molecule has 1 atom stereocenters. The number of fused-ring (bicyclic) bond motifs is 3. The number of nitrogens with zero attached hydrogens (tertiary/aromatic N) is 1. The minimum atomic E-state index is -1.60. The molecule has 2 aliphatic heterocycles. The molecule has 154 valence electrons. The Morgan fingerprint density at radius 2 is 1.81 bits per heavy atom. The molecule has 5 rings (SSSR count). The SMILES string of the molecule is O=C1C[C@H](c2cccnc2)c2c(ccc3c2O/C(=C\c2cc(F)c(F)c(F)c2)C3=O)O1. The van der Waals surface area contributed by atoms with Crippen molar-refractivity contribution in [2.75, 3.05) is 0 Å². The summed E-state index contributed by atoms with van der Waals surface area (Å²) >= 11 is 0. The maximum atomic E-state index is 13.6. The van der Waals surface area contributed by atoms with Crippen LogP contribution in [0.15, 0.2) is 54.6 Å². The lowest BCUT2D eigenvalue weighted by molar-refractivity contribution is -0.135. The normalized spacial score (nSPS) is 18.4. The van der Waals surface area contributed by atoms with Crippen LogP contribution in [0.2, 0.25) is 0 Å². The van der Waals surface area contributed by atoms with E-state index < -0.39 is 35.1 Å². The van der Waals surface area contributed by atoms with Gasteiger partial charge in [-0.15, -0.1) is 0 Å². The Balaban J connectivity index is 1.61. The third-order valence-electron chi connectivity index (χ3n) is 5.17. The van der Waals surface area contributed by atoms with Crippen molar-refractivity contribution < 1.29 is 32.2 Å². The third-order valence-corrected chi connectivity index (χ3v) is 5.17. The summed E-state index contributed by atoms with van der Waals surface area (Å²) in [7, 11) is 0. The molecule has 31 heavy (non-hydrogen) atoms. The number of Topliss-reactive ketones (excluding diaryl/α,β-unsaturated/α-hetero) is 1. The zero-order valence-electron chi connectivity index (χ0n) is 15.7. The lowest BCUT2D eigenvalue weighted by Gasteiger charge is -2.26. The fourth-order valence-electron chi connectivity index (χ4n) is 3.78. The van der Waals surface area contributed by atoms with Gasteiger partial charge in [-0.25, -0.2) is 13.2 Å². The zero-order chi connectivity index (χ0) is 21.7. The summed E-state index contributed by atoms with van der Waals surface area (Å²) in [6, 6.07) is 8.03. The number of esters is 1. The summed E-state index contributed by atoms with van der Waals surface area (Å²) in [5, 5.41) is 0. The summed E-state index contributed by atoms with van der Waals surface area (Å²) in [6.45, 7) is 0. The second-order valence-electron chi connectivity index (χ2n) is 7.11. The van der Waals surface area contributed by atoms with Crippen molar-refractivity contribution in [2.45, 2.75) is 12.3 Å². The summed E-state index contributed by atoms with van der Waals surface area (Å²) in [5.41, 5.74) is 1.40. The highest BCUT2D eigenvalue weighted by molar-refractivity contribution is 6.15. The van der Waals surface area contributed by atoms with Gasteiger partial charge in [0.05, 0.1) is 12.0 Å². The molecule has 8 heteroatoms. The molecule has 3 aromatic rings. The van der Waals surface area contributed by atoms with Gasteiger partial charge in [0.2, 0.25) is 5.78 Å².